The van der Waals surface area contributed by atoms with Gasteiger partial charge in [0, 0.05) is 43.9 Å². The number of nitrogens with zero attached hydrogens (tertiary/aromatic N) is 5. The van der Waals surface area contributed by atoms with E-state index >= 15 is 0 Å². The molecule has 0 saturated carbocycles. The molecule has 4 aromatic heterocycles. The summed E-state index contributed by atoms with van der Waals surface area (Å²) in [5.74, 6) is -0.970. The first kappa shape index (κ1) is 22.7. The zero-order chi connectivity index (χ0) is 23.4. The number of nitrogens with two attached hydrogens (primary N) is 2. The number of anilines is 2. The van der Waals surface area contributed by atoms with Crippen LogP contribution in [0.5, 0.6) is 0 Å². The molecule has 6 N–H and O–H groups in total. The lowest BCUT2D eigenvalue weighted by Crippen LogP contribution is -2.43. The van der Waals surface area contributed by atoms with Crippen molar-refractivity contribution in [1.29, 1.82) is 0 Å². The average molecular weight is 513 g/mol. The molecule has 5 heterocycles. The number of hydrogen-bond acceptors (Lipinski definition) is 7. The van der Waals surface area contributed by atoms with E-state index in [-0.39, 0.29) is 11.6 Å². The summed E-state index contributed by atoms with van der Waals surface area (Å²) in [4.78, 5) is 24.4. The number of fused-ring (bicyclic) bond motifs is 1. The van der Waals surface area contributed by atoms with Crippen LogP contribution in [-0.2, 0) is 6.54 Å². The van der Waals surface area contributed by atoms with Crippen molar-refractivity contribution < 1.29 is 9.90 Å². The molecule has 172 valence electrons. The Labute approximate surface area is 198 Å². The minimum Gasteiger partial charge on any atom is -0.478 e. The summed E-state index contributed by atoms with van der Waals surface area (Å²) >= 11 is 3.58. The number of pyridine rings is 2. The molecule has 11 heteroatoms. The number of nitrogens with one attached hydrogen (secondary N) is 1. The molecule has 1 fully saturated rings. The van der Waals surface area contributed by atoms with E-state index in [1.54, 1.807) is 17.1 Å². The Morgan fingerprint density at radius 3 is 2.85 bits per heavy atom. The van der Waals surface area contributed by atoms with Crippen molar-refractivity contribution in [3.63, 3.8) is 0 Å². The zero-order valence-corrected chi connectivity index (χ0v) is 19.4. The van der Waals surface area contributed by atoms with E-state index in [9.17, 15) is 4.79 Å². The standard InChI is InChI=1S/C12H16BrN5.C10H9N3O2/c13-8-4-16-12-10(9(15)5-17-12)11(8)18-3-1-2-7(14)6-18;14-10(15)8-5-12-13(6-8)7-9-3-1-2-4-11-9/h4-5,7H,1-3,6,14-15H2,(H,16,17);1-6H,7H2,(H,14,15)/t7-;/m1./s1. The van der Waals surface area contributed by atoms with E-state index in [2.05, 4.69) is 40.9 Å². The molecule has 33 heavy (non-hydrogen) atoms. The lowest BCUT2D eigenvalue weighted by molar-refractivity contribution is 0.0696. The molecule has 1 aliphatic rings. The van der Waals surface area contributed by atoms with Gasteiger partial charge < -0.3 is 26.5 Å². The highest BCUT2D eigenvalue weighted by Crippen LogP contribution is 2.37. The Morgan fingerprint density at radius 1 is 1.30 bits per heavy atom. The lowest BCUT2D eigenvalue weighted by atomic mass is 10.1. The molecule has 0 bridgehead atoms. The van der Waals surface area contributed by atoms with Crippen LogP contribution in [0.15, 0.2) is 53.7 Å². The summed E-state index contributed by atoms with van der Waals surface area (Å²) in [6.07, 6.45) is 10.3. The first-order valence-electron chi connectivity index (χ1n) is 10.5. The van der Waals surface area contributed by atoms with E-state index < -0.39 is 5.97 Å². The van der Waals surface area contributed by atoms with Crippen molar-refractivity contribution in [3.8, 4) is 0 Å². The van der Waals surface area contributed by atoms with Gasteiger partial charge in [0.05, 0.1) is 45.2 Å². The number of aromatic carboxylic acids is 1. The Balaban J connectivity index is 0.000000160. The molecule has 0 aromatic carbocycles. The monoisotopic (exact) mass is 512 g/mol. The molecule has 4 aromatic rings. The van der Waals surface area contributed by atoms with Crippen molar-refractivity contribution in [2.45, 2.75) is 25.4 Å². The fourth-order valence-corrected chi connectivity index (χ4v) is 4.37. The number of carboxylic acids is 1. The fraction of sp³-hybridized carbons (Fsp3) is 0.273. The largest absolute Gasteiger partial charge is 0.478 e. The predicted molar refractivity (Wildman–Crippen MR) is 130 cm³/mol. The predicted octanol–water partition coefficient (Wildman–Crippen LogP) is 2.86. The minimum atomic E-state index is -0.970. The van der Waals surface area contributed by atoms with Crippen LogP contribution in [0.2, 0.25) is 0 Å². The SMILES string of the molecule is Nc1c[nH]c2ncc(Br)c(N3CCC[C@@H](N)C3)c12.O=C(O)c1cnn(Cc2ccccn2)c1. The van der Waals surface area contributed by atoms with Crippen molar-refractivity contribution in [3.05, 3.63) is 64.9 Å². The molecule has 1 aliphatic heterocycles. The van der Waals surface area contributed by atoms with Crippen LogP contribution in [0.25, 0.3) is 11.0 Å². The van der Waals surface area contributed by atoms with Gasteiger partial charge in [-0.15, -0.1) is 0 Å². The molecule has 0 aliphatic carbocycles. The number of H-pyrrole nitrogens is 1. The molecular formula is C22H25BrN8O2. The van der Waals surface area contributed by atoms with Crippen LogP contribution < -0.4 is 16.4 Å². The number of carbonyl (C=O) groups is 1. The van der Waals surface area contributed by atoms with Gasteiger partial charge in [0.2, 0.25) is 0 Å². The van der Waals surface area contributed by atoms with Crippen LogP contribution in [0.1, 0.15) is 28.9 Å². The molecule has 0 amide bonds. The summed E-state index contributed by atoms with van der Waals surface area (Å²) in [5, 5.41) is 13.6. The van der Waals surface area contributed by atoms with Gasteiger partial charge in [-0.25, -0.2) is 9.78 Å². The molecule has 10 nitrogen and oxygen atoms in total. The summed E-state index contributed by atoms with van der Waals surface area (Å²) < 4.78 is 2.52. The average Bonchev–Trinajstić information content (AvgIpc) is 3.42. The third kappa shape index (κ3) is 5.32. The smallest absolute Gasteiger partial charge is 0.338 e. The van der Waals surface area contributed by atoms with E-state index in [0.29, 0.717) is 6.54 Å². The zero-order valence-electron chi connectivity index (χ0n) is 17.9. The maximum Gasteiger partial charge on any atom is 0.338 e. The van der Waals surface area contributed by atoms with Gasteiger partial charge in [-0.1, -0.05) is 6.07 Å². The van der Waals surface area contributed by atoms with E-state index in [4.69, 9.17) is 16.6 Å². The van der Waals surface area contributed by atoms with E-state index in [1.165, 1.54) is 12.4 Å². The van der Waals surface area contributed by atoms with Crippen LogP contribution in [0, 0.1) is 0 Å². The summed E-state index contributed by atoms with van der Waals surface area (Å²) in [5.41, 5.74) is 15.8. The Morgan fingerprint density at radius 2 is 2.15 bits per heavy atom. The first-order valence-corrected chi connectivity index (χ1v) is 11.3. The van der Waals surface area contributed by atoms with E-state index in [0.717, 1.165) is 58.5 Å². The molecule has 0 spiro atoms. The molecule has 0 unspecified atom stereocenters. The molecular weight excluding hydrogens is 488 g/mol. The van der Waals surface area contributed by atoms with Crippen molar-refractivity contribution in [2.24, 2.45) is 5.73 Å². The van der Waals surface area contributed by atoms with Gasteiger partial charge in [0.1, 0.15) is 5.65 Å². The van der Waals surface area contributed by atoms with Crippen molar-refractivity contribution in [2.75, 3.05) is 23.7 Å². The van der Waals surface area contributed by atoms with Crippen molar-refractivity contribution in [1.82, 2.24) is 24.7 Å². The molecule has 1 atom stereocenters. The highest BCUT2D eigenvalue weighted by atomic mass is 79.9. The number of hydrogen-bond donors (Lipinski definition) is 4. The second kappa shape index (κ2) is 10.0. The van der Waals surface area contributed by atoms with Crippen LogP contribution in [0.4, 0.5) is 11.4 Å². The number of halogens is 1. The Bertz CT molecular complexity index is 1240. The van der Waals surface area contributed by atoms with Crippen LogP contribution in [0.3, 0.4) is 0 Å². The lowest BCUT2D eigenvalue weighted by Gasteiger charge is -2.33. The first-order chi connectivity index (χ1) is 15.9. The quantitative estimate of drug-likeness (QED) is 0.325. The minimum absolute atomic E-state index is 0.186. The Hall–Kier alpha value is -3.44. The summed E-state index contributed by atoms with van der Waals surface area (Å²) in [6, 6.07) is 5.80. The van der Waals surface area contributed by atoms with Gasteiger partial charge in [0.25, 0.3) is 0 Å². The maximum absolute atomic E-state index is 10.6. The highest BCUT2D eigenvalue weighted by Gasteiger charge is 2.22. The molecule has 1 saturated heterocycles. The second-order valence-corrected chi connectivity index (χ2v) is 8.68. The highest BCUT2D eigenvalue weighted by molar-refractivity contribution is 9.10. The number of rotatable bonds is 4. The third-order valence-corrected chi connectivity index (χ3v) is 5.94. The number of aromatic amines is 1. The van der Waals surface area contributed by atoms with Gasteiger partial charge in [0.15, 0.2) is 0 Å². The number of piperidine rings is 1. The van der Waals surface area contributed by atoms with Gasteiger partial charge in [-0.3, -0.25) is 9.67 Å². The normalized spacial score (nSPS) is 15.8. The van der Waals surface area contributed by atoms with Gasteiger partial charge >= 0.3 is 5.97 Å². The Kier molecular flexibility index (Phi) is 6.90. The van der Waals surface area contributed by atoms with Crippen molar-refractivity contribution >= 4 is 44.3 Å². The molecule has 5 rings (SSSR count). The molecule has 0 radical (unpaired) electrons. The fourth-order valence-electron chi connectivity index (χ4n) is 3.82. The van der Waals surface area contributed by atoms with Gasteiger partial charge in [-0.2, -0.15) is 5.10 Å². The van der Waals surface area contributed by atoms with E-state index in [1.807, 2.05) is 24.4 Å². The summed E-state index contributed by atoms with van der Waals surface area (Å²) in [7, 11) is 0. The number of carboxylic acid groups (broad SMARTS) is 1. The summed E-state index contributed by atoms with van der Waals surface area (Å²) in [6.45, 7) is 2.35. The second-order valence-electron chi connectivity index (χ2n) is 7.82. The topological polar surface area (TPSA) is 152 Å². The number of aromatic nitrogens is 5. The maximum atomic E-state index is 10.6. The third-order valence-electron chi connectivity index (χ3n) is 5.36. The van der Waals surface area contributed by atoms with Crippen LogP contribution >= 0.6 is 15.9 Å². The van der Waals surface area contributed by atoms with Gasteiger partial charge in [-0.05, 0) is 40.9 Å². The van der Waals surface area contributed by atoms with Crippen LogP contribution in [-0.4, -0.2) is 54.9 Å². The number of nitrogen functional groups attached to an aromatic ring is 1.